The molecule has 1 aliphatic rings. The molecule has 4 N–H and O–H groups in total. The van der Waals surface area contributed by atoms with Gasteiger partial charge in [-0.2, -0.15) is 0 Å². The van der Waals surface area contributed by atoms with E-state index in [1.807, 2.05) is 42.2 Å². The number of hydrogen-bond acceptors (Lipinski definition) is 4. The highest BCUT2D eigenvalue weighted by Gasteiger charge is 2.28. The zero-order chi connectivity index (χ0) is 20.4. The second-order valence-electron chi connectivity index (χ2n) is 7.07. The van der Waals surface area contributed by atoms with Crippen molar-refractivity contribution in [1.29, 1.82) is 0 Å². The summed E-state index contributed by atoms with van der Waals surface area (Å²) in [5.74, 6) is -0.125. The number of nitrogens with one attached hydrogen (secondary N) is 2. The van der Waals surface area contributed by atoms with Gasteiger partial charge >= 0.3 is 6.03 Å². The standard InChI is InChI=1S/C20H31N5O3/c1-2-3-9-17(23-20(21)28)19(27)25-12-10-24(11-13-25)15-18(26)22-14-16-7-5-4-6-8-16/h4-8,17H,2-3,9-15H2,1H3,(H,22,26)(H3,21,23,28). The van der Waals surface area contributed by atoms with Gasteiger partial charge in [0, 0.05) is 32.7 Å². The first kappa shape index (κ1) is 21.7. The van der Waals surface area contributed by atoms with Crippen LogP contribution < -0.4 is 16.4 Å². The Bertz CT molecular complexity index is 645. The molecular formula is C20H31N5O3. The van der Waals surface area contributed by atoms with Gasteiger partial charge in [-0.05, 0) is 12.0 Å². The zero-order valence-corrected chi connectivity index (χ0v) is 16.5. The Balaban J connectivity index is 1.75. The first-order valence-corrected chi connectivity index (χ1v) is 9.87. The van der Waals surface area contributed by atoms with Crippen molar-refractivity contribution in [2.45, 2.75) is 38.8 Å². The minimum Gasteiger partial charge on any atom is -0.352 e. The van der Waals surface area contributed by atoms with Gasteiger partial charge in [-0.3, -0.25) is 14.5 Å². The van der Waals surface area contributed by atoms with Gasteiger partial charge < -0.3 is 21.3 Å². The lowest BCUT2D eigenvalue weighted by Crippen LogP contribution is -2.56. The van der Waals surface area contributed by atoms with Crippen LogP contribution in [-0.4, -0.2) is 66.4 Å². The van der Waals surface area contributed by atoms with Gasteiger partial charge in [-0.15, -0.1) is 0 Å². The molecule has 4 amide bonds. The Morgan fingerprint density at radius 2 is 1.79 bits per heavy atom. The van der Waals surface area contributed by atoms with Crippen molar-refractivity contribution in [1.82, 2.24) is 20.4 Å². The quantitative estimate of drug-likeness (QED) is 0.577. The van der Waals surface area contributed by atoms with Crippen molar-refractivity contribution in [2.24, 2.45) is 5.73 Å². The largest absolute Gasteiger partial charge is 0.352 e. The number of benzene rings is 1. The number of rotatable bonds is 9. The van der Waals surface area contributed by atoms with Gasteiger partial charge in [0.15, 0.2) is 0 Å². The molecule has 0 bridgehead atoms. The molecule has 2 rings (SSSR count). The van der Waals surface area contributed by atoms with Gasteiger partial charge in [0.25, 0.3) is 0 Å². The van der Waals surface area contributed by atoms with Crippen LogP contribution in [0.15, 0.2) is 30.3 Å². The smallest absolute Gasteiger partial charge is 0.312 e. The van der Waals surface area contributed by atoms with Gasteiger partial charge in [0.2, 0.25) is 11.8 Å². The first-order chi connectivity index (χ1) is 13.5. The monoisotopic (exact) mass is 389 g/mol. The van der Waals surface area contributed by atoms with Crippen LogP contribution in [0.3, 0.4) is 0 Å². The van der Waals surface area contributed by atoms with Gasteiger partial charge in [-0.1, -0.05) is 50.1 Å². The molecule has 1 aromatic carbocycles. The maximum atomic E-state index is 12.7. The summed E-state index contributed by atoms with van der Waals surface area (Å²) < 4.78 is 0. The van der Waals surface area contributed by atoms with Gasteiger partial charge in [0.1, 0.15) is 6.04 Å². The number of urea groups is 1. The summed E-state index contributed by atoms with van der Waals surface area (Å²) >= 11 is 0. The number of carbonyl (C=O) groups excluding carboxylic acids is 3. The van der Waals surface area contributed by atoms with E-state index in [2.05, 4.69) is 10.6 Å². The average Bonchev–Trinajstić information content (AvgIpc) is 2.70. The minimum absolute atomic E-state index is 0.0279. The molecule has 1 unspecified atom stereocenters. The average molecular weight is 390 g/mol. The fourth-order valence-corrected chi connectivity index (χ4v) is 3.24. The molecule has 1 aromatic rings. The Kier molecular flexibility index (Phi) is 8.74. The van der Waals surface area contributed by atoms with Crippen molar-refractivity contribution in [3.8, 4) is 0 Å². The number of carbonyl (C=O) groups is 3. The molecule has 8 heteroatoms. The molecule has 154 valence electrons. The summed E-state index contributed by atoms with van der Waals surface area (Å²) in [6.07, 6.45) is 2.37. The van der Waals surface area contributed by atoms with E-state index >= 15 is 0 Å². The van der Waals surface area contributed by atoms with E-state index < -0.39 is 12.1 Å². The molecule has 0 aliphatic carbocycles. The molecule has 0 radical (unpaired) electrons. The van der Waals surface area contributed by atoms with E-state index in [1.165, 1.54) is 0 Å². The number of amides is 4. The third kappa shape index (κ3) is 7.19. The summed E-state index contributed by atoms with van der Waals surface area (Å²) in [6, 6.07) is 8.52. The van der Waals surface area contributed by atoms with Gasteiger partial charge in [0.05, 0.1) is 6.54 Å². The van der Waals surface area contributed by atoms with Crippen molar-refractivity contribution < 1.29 is 14.4 Å². The Hall–Kier alpha value is -2.61. The van der Waals surface area contributed by atoms with Crippen molar-refractivity contribution >= 4 is 17.8 Å². The molecule has 1 fully saturated rings. The third-order valence-corrected chi connectivity index (χ3v) is 4.84. The minimum atomic E-state index is -0.678. The van der Waals surface area contributed by atoms with Crippen molar-refractivity contribution in [3.05, 3.63) is 35.9 Å². The number of primary amides is 1. The molecule has 1 saturated heterocycles. The lowest BCUT2D eigenvalue weighted by atomic mass is 10.1. The lowest BCUT2D eigenvalue weighted by molar-refractivity contribution is -0.135. The summed E-state index contributed by atoms with van der Waals surface area (Å²) in [7, 11) is 0. The molecule has 0 spiro atoms. The molecule has 1 heterocycles. The highest BCUT2D eigenvalue weighted by Crippen LogP contribution is 2.09. The summed E-state index contributed by atoms with van der Waals surface area (Å²) in [4.78, 5) is 39.8. The van der Waals surface area contributed by atoms with Crippen molar-refractivity contribution in [3.63, 3.8) is 0 Å². The van der Waals surface area contributed by atoms with Crippen LogP contribution in [0.2, 0.25) is 0 Å². The topological polar surface area (TPSA) is 108 Å². The molecule has 0 saturated carbocycles. The zero-order valence-electron chi connectivity index (χ0n) is 16.5. The van der Waals surface area contributed by atoms with E-state index in [4.69, 9.17) is 5.73 Å². The van der Waals surface area contributed by atoms with Gasteiger partial charge in [-0.25, -0.2) is 4.79 Å². The fraction of sp³-hybridized carbons (Fsp3) is 0.550. The van der Waals surface area contributed by atoms with Crippen LogP contribution in [0.25, 0.3) is 0 Å². The molecule has 28 heavy (non-hydrogen) atoms. The number of hydrogen-bond donors (Lipinski definition) is 3. The number of nitrogens with zero attached hydrogens (tertiary/aromatic N) is 2. The van der Waals surface area contributed by atoms with E-state index in [1.54, 1.807) is 4.90 Å². The predicted molar refractivity (Wildman–Crippen MR) is 107 cm³/mol. The Labute approximate surface area is 166 Å². The summed E-state index contributed by atoms with van der Waals surface area (Å²) in [5.41, 5.74) is 6.27. The predicted octanol–water partition coefficient (Wildman–Crippen LogP) is 0.674. The van der Waals surface area contributed by atoms with Crippen LogP contribution in [0.4, 0.5) is 4.79 Å². The van der Waals surface area contributed by atoms with Crippen molar-refractivity contribution in [2.75, 3.05) is 32.7 Å². The first-order valence-electron chi connectivity index (χ1n) is 9.87. The van der Waals surface area contributed by atoms with Crippen LogP contribution in [0, 0.1) is 0 Å². The Morgan fingerprint density at radius 1 is 1.11 bits per heavy atom. The lowest BCUT2D eigenvalue weighted by Gasteiger charge is -2.36. The second-order valence-corrected chi connectivity index (χ2v) is 7.07. The molecule has 0 aromatic heterocycles. The van der Waals surface area contributed by atoms with Crippen LogP contribution in [-0.2, 0) is 16.1 Å². The van der Waals surface area contributed by atoms with Crippen LogP contribution in [0.1, 0.15) is 31.7 Å². The summed E-state index contributed by atoms with van der Waals surface area (Å²) in [5, 5.41) is 5.48. The van der Waals surface area contributed by atoms with E-state index in [9.17, 15) is 14.4 Å². The molecule has 1 atom stereocenters. The molecular weight excluding hydrogens is 358 g/mol. The normalized spacial score (nSPS) is 15.7. The number of piperazine rings is 1. The fourth-order valence-electron chi connectivity index (χ4n) is 3.24. The SMILES string of the molecule is CCCCC(NC(N)=O)C(=O)N1CCN(CC(=O)NCc2ccccc2)CC1. The van der Waals surface area contributed by atoms with E-state index in [0.29, 0.717) is 45.7 Å². The third-order valence-electron chi connectivity index (χ3n) is 4.84. The Morgan fingerprint density at radius 3 is 2.39 bits per heavy atom. The van der Waals surface area contributed by atoms with E-state index in [0.717, 1.165) is 18.4 Å². The molecule has 1 aliphatic heterocycles. The maximum absolute atomic E-state index is 12.7. The highest BCUT2D eigenvalue weighted by molar-refractivity contribution is 5.86. The second kappa shape index (κ2) is 11.3. The summed E-state index contributed by atoms with van der Waals surface area (Å²) in [6.45, 7) is 5.18. The maximum Gasteiger partial charge on any atom is 0.312 e. The number of unbranched alkanes of at least 4 members (excludes halogenated alkanes) is 1. The van der Waals surface area contributed by atoms with Crippen LogP contribution in [0.5, 0.6) is 0 Å². The van der Waals surface area contributed by atoms with E-state index in [-0.39, 0.29) is 11.8 Å². The number of nitrogens with two attached hydrogens (primary N) is 1. The van der Waals surface area contributed by atoms with Crippen LogP contribution >= 0.6 is 0 Å². The molecule has 8 nitrogen and oxygen atoms in total. The highest BCUT2D eigenvalue weighted by atomic mass is 16.2.